The number of hydrogen-bond donors (Lipinski definition) is 0. The van der Waals surface area contributed by atoms with Crippen molar-refractivity contribution in [3.8, 4) is 5.69 Å². The number of rotatable bonds is 5. The molecule has 0 N–H and O–H groups in total. The van der Waals surface area contributed by atoms with Crippen LogP contribution < -0.4 is 4.90 Å². The molecule has 2 aliphatic rings. The molecule has 5 rings (SSSR count). The van der Waals surface area contributed by atoms with Crippen LogP contribution in [0.1, 0.15) is 30.1 Å². The Morgan fingerprint density at radius 2 is 1.76 bits per heavy atom. The van der Waals surface area contributed by atoms with Crippen LogP contribution in [0, 0.1) is 4.77 Å². The minimum atomic E-state index is -4.46. The van der Waals surface area contributed by atoms with Crippen molar-refractivity contribution in [2.45, 2.75) is 31.6 Å². The number of para-hydroxylation sites is 1. The first-order valence-electron chi connectivity index (χ1n) is 10.8. The molecule has 33 heavy (non-hydrogen) atoms. The minimum Gasteiger partial charge on any atom is -0.353 e. The lowest BCUT2D eigenvalue weighted by Gasteiger charge is -2.35. The molecule has 1 aliphatic carbocycles. The van der Waals surface area contributed by atoms with Gasteiger partial charge in [-0.25, -0.2) is 9.67 Å². The summed E-state index contributed by atoms with van der Waals surface area (Å²) in [5.74, 6) is 1.83. The Balaban J connectivity index is 1.29. The average Bonchev–Trinajstić information content (AvgIpc) is 3.59. The van der Waals surface area contributed by atoms with E-state index in [4.69, 9.17) is 28.9 Å². The predicted octanol–water partition coefficient (Wildman–Crippen LogP) is 5.13. The molecular weight excluding hydrogens is 473 g/mol. The number of piperazine rings is 1. The van der Waals surface area contributed by atoms with E-state index in [9.17, 15) is 13.2 Å². The molecule has 174 valence electrons. The van der Waals surface area contributed by atoms with Crippen molar-refractivity contribution in [1.29, 1.82) is 0 Å². The molecule has 1 saturated heterocycles. The Bertz CT molecular complexity index is 1200. The normalized spacial score (nSPS) is 17.5. The van der Waals surface area contributed by atoms with Crippen LogP contribution >= 0.6 is 23.8 Å². The number of hydrogen-bond acceptors (Lipinski definition) is 5. The molecule has 1 saturated carbocycles. The fourth-order valence-corrected chi connectivity index (χ4v) is 4.63. The van der Waals surface area contributed by atoms with Gasteiger partial charge in [-0.15, -0.1) is 0 Å². The van der Waals surface area contributed by atoms with Gasteiger partial charge in [0.25, 0.3) is 0 Å². The molecule has 1 aromatic carbocycles. The summed E-state index contributed by atoms with van der Waals surface area (Å²) in [5, 5.41) is 4.86. The van der Waals surface area contributed by atoms with Gasteiger partial charge < -0.3 is 4.90 Å². The van der Waals surface area contributed by atoms with E-state index in [1.54, 1.807) is 0 Å². The van der Waals surface area contributed by atoms with Crippen LogP contribution in [0.5, 0.6) is 0 Å². The fourth-order valence-electron chi connectivity index (χ4n) is 4.05. The molecule has 0 bridgehead atoms. The first kappa shape index (κ1) is 22.4. The molecule has 0 atom stereocenters. The summed E-state index contributed by atoms with van der Waals surface area (Å²) in [6, 6.07) is 11.0. The van der Waals surface area contributed by atoms with E-state index in [1.807, 2.05) is 39.9 Å². The van der Waals surface area contributed by atoms with Crippen LogP contribution in [0.25, 0.3) is 5.69 Å². The molecule has 0 unspecified atom stereocenters. The van der Waals surface area contributed by atoms with Crippen molar-refractivity contribution in [2.24, 2.45) is 0 Å². The van der Waals surface area contributed by atoms with Gasteiger partial charge in [-0.3, -0.25) is 9.47 Å². The summed E-state index contributed by atoms with van der Waals surface area (Å²) in [4.78, 5) is 8.12. The van der Waals surface area contributed by atoms with E-state index in [0.29, 0.717) is 49.4 Å². The summed E-state index contributed by atoms with van der Waals surface area (Å²) in [6.07, 6.45) is -1.38. The second kappa shape index (κ2) is 8.73. The van der Waals surface area contributed by atoms with Crippen LogP contribution in [-0.4, -0.2) is 50.4 Å². The Morgan fingerprint density at radius 1 is 1.06 bits per heavy atom. The van der Waals surface area contributed by atoms with Crippen LogP contribution in [0.2, 0.25) is 5.02 Å². The van der Waals surface area contributed by atoms with Crippen LogP contribution in [0.15, 0.2) is 42.6 Å². The van der Waals surface area contributed by atoms with Gasteiger partial charge in [-0.1, -0.05) is 29.8 Å². The Kier molecular flexibility index (Phi) is 5.92. The Labute approximate surface area is 199 Å². The van der Waals surface area contributed by atoms with Crippen LogP contribution in [0.4, 0.5) is 19.0 Å². The number of halogens is 4. The zero-order valence-corrected chi connectivity index (χ0v) is 19.2. The highest BCUT2D eigenvalue weighted by Crippen LogP contribution is 2.40. The molecule has 0 radical (unpaired) electrons. The maximum Gasteiger partial charge on any atom is 0.417 e. The minimum absolute atomic E-state index is 0.0103. The van der Waals surface area contributed by atoms with E-state index in [-0.39, 0.29) is 5.02 Å². The highest BCUT2D eigenvalue weighted by atomic mass is 35.5. The molecule has 0 spiro atoms. The van der Waals surface area contributed by atoms with Crippen molar-refractivity contribution in [3.63, 3.8) is 0 Å². The molecule has 3 heterocycles. The first-order chi connectivity index (χ1) is 15.8. The molecule has 11 heteroatoms. The molecular formula is C22H22ClF3N6S. The third-order valence-electron chi connectivity index (χ3n) is 5.98. The topological polar surface area (TPSA) is 42.1 Å². The zero-order valence-electron chi connectivity index (χ0n) is 17.7. The van der Waals surface area contributed by atoms with E-state index in [0.717, 1.165) is 36.6 Å². The predicted molar refractivity (Wildman–Crippen MR) is 122 cm³/mol. The lowest BCUT2D eigenvalue weighted by atomic mass is 10.2. The van der Waals surface area contributed by atoms with Gasteiger partial charge >= 0.3 is 6.18 Å². The van der Waals surface area contributed by atoms with Gasteiger partial charge in [-0.05, 0) is 43.3 Å². The monoisotopic (exact) mass is 494 g/mol. The second-order valence-corrected chi connectivity index (χ2v) is 9.13. The number of anilines is 1. The highest BCUT2D eigenvalue weighted by Gasteiger charge is 2.33. The van der Waals surface area contributed by atoms with E-state index in [2.05, 4.69) is 14.5 Å². The van der Waals surface area contributed by atoms with E-state index in [1.165, 1.54) is 0 Å². The average molecular weight is 495 g/mol. The smallest absolute Gasteiger partial charge is 0.353 e. The van der Waals surface area contributed by atoms with Crippen molar-refractivity contribution in [2.75, 3.05) is 31.1 Å². The van der Waals surface area contributed by atoms with Crippen molar-refractivity contribution < 1.29 is 13.2 Å². The van der Waals surface area contributed by atoms with Gasteiger partial charge in [-0.2, -0.15) is 18.3 Å². The molecule has 3 aromatic rings. The SMILES string of the molecule is FC(F)(F)c1cnc(N2CCN(Cn3nc(C4CC4)n(-c4ccccc4)c3=S)CC2)c(Cl)c1. The fraction of sp³-hybridized carbons (Fsp3) is 0.409. The lowest BCUT2D eigenvalue weighted by Crippen LogP contribution is -2.47. The quantitative estimate of drug-likeness (QED) is 0.460. The van der Waals surface area contributed by atoms with Crippen molar-refractivity contribution in [3.05, 3.63) is 63.8 Å². The van der Waals surface area contributed by atoms with Gasteiger partial charge in [0.15, 0.2) is 0 Å². The maximum atomic E-state index is 12.9. The molecule has 1 aliphatic heterocycles. The largest absolute Gasteiger partial charge is 0.417 e. The van der Waals surface area contributed by atoms with Gasteiger partial charge in [0.2, 0.25) is 4.77 Å². The maximum absolute atomic E-state index is 12.9. The molecule has 0 amide bonds. The first-order valence-corrected chi connectivity index (χ1v) is 11.5. The third kappa shape index (κ3) is 4.64. The van der Waals surface area contributed by atoms with Crippen LogP contribution in [-0.2, 0) is 12.8 Å². The van der Waals surface area contributed by atoms with Gasteiger partial charge in [0, 0.05) is 44.0 Å². The standard InChI is InChI=1S/C22H22ClF3N6S/c23-18-12-16(22(24,25)26)13-27-20(18)30-10-8-29(9-11-30)14-31-21(33)32(17-4-2-1-3-5-17)19(28-31)15-6-7-15/h1-5,12-13,15H,6-11,14H2. The lowest BCUT2D eigenvalue weighted by molar-refractivity contribution is -0.137. The van der Waals surface area contributed by atoms with Crippen molar-refractivity contribution >= 4 is 29.6 Å². The van der Waals surface area contributed by atoms with E-state index < -0.39 is 11.7 Å². The summed E-state index contributed by atoms with van der Waals surface area (Å²) < 4.78 is 43.3. The van der Waals surface area contributed by atoms with Gasteiger partial charge in [0.05, 0.1) is 17.3 Å². The van der Waals surface area contributed by atoms with Crippen LogP contribution in [0.3, 0.4) is 0 Å². The highest BCUT2D eigenvalue weighted by molar-refractivity contribution is 7.71. The second-order valence-electron chi connectivity index (χ2n) is 8.36. The summed E-state index contributed by atoms with van der Waals surface area (Å²) in [7, 11) is 0. The van der Waals surface area contributed by atoms with Crippen molar-refractivity contribution in [1.82, 2.24) is 24.2 Å². The third-order valence-corrected chi connectivity index (χ3v) is 6.65. The van der Waals surface area contributed by atoms with E-state index >= 15 is 0 Å². The number of nitrogens with zero attached hydrogens (tertiary/aromatic N) is 6. The molecule has 6 nitrogen and oxygen atoms in total. The summed E-state index contributed by atoms with van der Waals surface area (Å²) in [5.41, 5.74) is 0.174. The Hall–Kier alpha value is -2.43. The van der Waals surface area contributed by atoms with Gasteiger partial charge in [0.1, 0.15) is 11.6 Å². The molecule has 2 fully saturated rings. The summed E-state index contributed by atoms with van der Waals surface area (Å²) >= 11 is 11.9. The molecule has 2 aromatic heterocycles. The number of benzene rings is 1. The Morgan fingerprint density at radius 3 is 2.36 bits per heavy atom. The number of aromatic nitrogens is 4. The summed E-state index contributed by atoms with van der Waals surface area (Å²) in [6.45, 7) is 3.14. The zero-order chi connectivity index (χ0) is 23.2. The number of alkyl halides is 3. The number of pyridine rings is 1.